The Morgan fingerprint density at radius 1 is 1.45 bits per heavy atom. The van der Waals surface area contributed by atoms with Crippen LogP contribution in [0.25, 0.3) is 0 Å². The molecule has 4 N–H and O–H groups in total. The molecule has 2 aromatic rings. The first-order valence-electron chi connectivity index (χ1n) is 5.92. The summed E-state index contributed by atoms with van der Waals surface area (Å²) in [5.41, 5.74) is 4.55. The van der Waals surface area contributed by atoms with Crippen molar-refractivity contribution in [2.45, 2.75) is 13.5 Å². The first-order valence-corrected chi connectivity index (χ1v) is 6.30. The molecule has 0 aliphatic carbocycles. The lowest BCUT2D eigenvalue weighted by molar-refractivity contribution is 0.0950. The lowest BCUT2D eigenvalue weighted by Crippen LogP contribution is -2.24. The summed E-state index contributed by atoms with van der Waals surface area (Å²) in [7, 11) is 0. The van der Waals surface area contributed by atoms with Gasteiger partial charge < -0.3 is 10.7 Å². The Morgan fingerprint density at radius 3 is 2.90 bits per heavy atom. The van der Waals surface area contributed by atoms with Gasteiger partial charge in [0.05, 0.1) is 22.8 Å². The molecule has 1 amide bonds. The van der Waals surface area contributed by atoms with Gasteiger partial charge >= 0.3 is 0 Å². The summed E-state index contributed by atoms with van der Waals surface area (Å²) in [6, 6.07) is 5.29. The molecule has 104 valence electrons. The Hall–Kier alpha value is -2.18. The van der Waals surface area contributed by atoms with Gasteiger partial charge in [-0.05, 0) is 24.6 Å². The fourth-order valence-corrected chi connectivity index (χ4v) is 1.86. The topological polar surface area (TPSA) is 92.9 Å². The molecule has 0 fully saturated rings. The Labute approximate surface area is 121 Å². The van der Waals surface area contributed by atoms with Crippen LogP contribution in [0.5, 0.6) is 0 Å². The van der Waals surface area contributed by atoms with Crippen LogP contribution in [0.1, 0.15) is 21.6 Å². The normalized spacial score (nSPS) is 10.2. The molecule has 0 aliphatic rings. The largest absolute Gasteiger partial charge is 0.346 e. The monoisotopic (exact) mass is 291 g/mol. The first-order chi connectivity index (χ1) is 9.61. The van der Waals surface area contributed by atoms with Crippen LogP contribution in [0.4, 0.5) is 5.82 Å². The summed E-state index contributed by atoms with van der Waals surface area (Å²) >= 11 is 5.92. The zero-order chi connectivity index (χ0) is 14.5. The molecule has 0 atom stereocenters. The zero-order valence-corrected chi connectivity index (χ0v) is 11.6. The number of aryl methyl sites for hydroxylation is 1. The van der Waals surface area contributed by atoms with Crippen molar-refractivity contribution in [1.29, 1.82) is 0 Å². The fourth-order valence-electron chi connectivity index (χ4n) is 1.64. The van der Waals surface area contributed by atoms with E-state index in [-0.39, 0.29) is 10.9 Å². The predicted molar refractivity (Wildman–Crippen MR) is 77.2 cm³/mol. The lowest BCUT2D eigenvalue weighted by Gasteiger charge is -2.08. The maximum atomic E-state index is 12.0. The predicted octanol–water partition coefficient (Wildman–Crippen LogP) is 1.65. The number of hydrogen-bond acceptors (Lipinski definition) is 5. The SMILES string of the molecule is Cc1cccnc1CNC(=O)c1cnc(NN)c(Cl)c1. The van der Waals surface area contributed by atoms with Crippen LogP contribution >= 0.6 is 11.6 Å². The van der Waals surface area contributed by atoms with E-state index < -0.39 is 0 Å². The number of aromatic nitrogens is 2. The molecule has 0 bridgehead atoms. The Kier molecular flexibility index (Phi) is 4.49. The third-order valence-corrected chi connectivity index (χ3v) is 3.06. The number of halogens is 1. The van der Waals surface area contributed by atoms with Crippen molar-refractivity contribution in [2.75, 3.05) is 5.43 Å². The van der Waals surface area contributed by atoms with Crippen LogP contribution in [0.15, 0.2) is 30.6 Å². The number of hydrazine groups is 1. The van der Waals surface area contributed by atoms with Crippen LogP contribution in [0.3, 0.4) is 0 Å². The minimum Gasteiger partial charge on any atom is -0.346 e. The van der Waals surface area contributed by atoms with Gasteiger partial charge in [-0.25, -0.2) is 10.8 Å². The number of nitrogens with two attached hydrogens (primary N) is 1. The molecule has 0 aliphatic heterocycles. The van der Waals surface area contributed by atoms with Crippen molar-refractivity contribution in [2.24, 2.45) is 5.84 Å². The second-order valence-electron chi connectivity index (χ2n) is 4.15. The molecule has 7 heteroatoms. The number of carbonyl (C=O) groups excluding carboxylic acids is 1. The highest BCUT2D eigenvalue weighted by atomic mass is 35.5. The summed E-state index contributed by atoms with van der Waals surface area (Å²) in [6.45, 7) is 2.29. The fraction of sp³-hybridized carbons (Fsp3) is 0.154. The molecule has 20 heavy (non-hydrogen) atoms. The summed E-state index contributed by atoms with van der Waals surface area (Å²) in [5, 5.41) is 3.06. The van der Waals surface area contributed by atoms with E-state index >= 15 is 0 Å². The van der Waals surface area contributed by atoms with E-state index in [1.165, 1.54) is 12.3 Å². The Balaban J connectivity index is 2.05. The molecule has 6 nitrogen and oxygen atoms in total. The van der Waals surface area contributed by atoms with Gasteiger partial charge in [-0.1, -0.05) is 17.7 Å². The minimum absolute atomic E-state index is 0.270. The number of nitrogens with zero attached hydrogens (tertiary/aromatic N) is 2. The van der Waals surface area contributed by atoms with E-state index in [1.54, 1.807) is 6.20 Å². The average Bonchev–Trinajstić information content (AvgIpc) is 2.46. The van der Waals surface area contributed by atoms with Crippen LogP contribution in [-0.2, 0) is 6.54 Å². The van der Waals surface area contributed by atoms with Gasteiger partial charge in [0.2, 0.25) is 0 Å². The minimum atomic E-state index is -0.270. The highest BCUT2D eigenvalue weighted by molar-refractivity contribution is 6.33. The number of anilines is 1. The number of hydrogen-bond donors (Lipinski definition) is 3. The van der Waals surface area contributed by atoms with Gasteiger partial charge in [-0.15, -0.1) is 0 Å². The van der Waals surface area contributed by atoms with Gasteiger partial charge in [-0.3, -0.25) is 9.78 Å². The molecule has 0 unspecified atom stereocenters. The van der Waals surface area contributed by atoms with Crippen molar-refractivity contribution >= 4 is 23.3 Å². The molecular weight excluding hydrogens is 278 g/mol. The van der Waals surface area contributed by atoms with E-state index in [4.69, 9.17) is 17.4 Å². The smallest absolute Gasteiger partial charge is 0.253 e. The van der Waals surface area contributed by atoms with Gasteiger partial charge in [0, 0.05) is 12.4 Å². The average molecular weight is 292 g/mol. The first kappa shape index (κ1) is 14.2. The quantitative estimate of drug-likeness (QED) is 0.588. The molecule has 0 saturated heterocycles. The van der Waals surface area contributed by atoms with Gasteiger partial charge in [0.25, 0.3) is 5.91 Å². The molecule has 2 heterocycles. The number of carbonyl (C=O) groups is 1. The van der Waals surface area contributed by atoms with E-state index in [9.17, 15) is 4.79 Å². The van der Waals surface area contributed by atoms with Crippen molar-refractivity contribution < 1.29 is 4.79 Å². The van der Waals surface area contributed by atoms with Crippen molar-refractivity contribution in [1.82, 2.24) is 15.3 Å². The summed E-state index contributed by atoms with van der Waals surface area (Å²) in [6.07, 6.45) is 3.09. The molecule has 2 rings (SSSR count). The van der Waals surface area contributed by atoms with Crippen LogP contribution < -0.4 is 16.6 Å². The highest BCUT2D eigenvalue weighted by Crippen LogP contribution is 2.18. The second kappa shape index (κ2) is 6.31. The summed E-state index contributed by atoms with van der Waals surface area (Å²) in [5.74, 6) is 5.27. The number of rotatable bonds is 4. The van der Waals surface area contributed by atoms with E-state index in [0.29, 0.717) is 17.9 Å². The molecule has 2 aromatic heterocycles. The third kappa shape index (κ3) is 3.23. The van der Waals surface area contributed by atoms with Gasteiger partial charge in [0.1, 0.15) is 0 Å². The van der Waals surface area contributed by atoms with Crippen molar-refractivity contribution in [3.63, 3.8) is 0 Å². The lowest BCUT2D eigenvalue weighted by atomic mass is 10.2. The second-order valence-corrected chi connectivity index (χ2v) is 4.56. The summed E-state index contributed by atoms with van der Waals surface area (Å²) < 4.78 is 0. The van der Waals surface area contributed by atoms with E-state index in [1.807, 2.05) is 19.1 Å². The van der Waals surface area contributed by atoms with Crippen molar-refractivity contribution in [3.05, 3.63) is 52.4 Å². The molecule has 0 aromatic carbocycles. The number of nitrogens with one attached hydrogen (secondary N) is 2. The number of pyridine rings is 2. The number of nitrogen functional groups attached to an aromatic ring is 1. The van der Waals surface area contributed by atoms with Gasteiger partial charge in [-0.2, -0.15) is 0 Å². The van der Waals surface area contributed by atoms with E-state index in [0.717, 1.165) is 11.3 Å². The molecule has 0 radical (unpaired) electrons. The summed E-state index contributed by atoms with van der Waals surface area (Å²) in [4.78, 5) is 20.1. The Bertz CT molecular complexity index is 632. The van der Waals surface area contributed by atoms with Crippen molar-refractivity contribution in [3.8, 4) is 0 Å². The number of amides is 1. The maximum absolute atomic E-state index is 12.0. The zero-order valence-electron chi connectivity index (χ0n) is 10.9. The molecule has 0 saturated carbocycles. The maximum Gasteiger partial charge on any atom is 0.253 e. The Morgan fingerprint density at radius 2 is 2.25 bits per heavy atom. The molecular formula is C13H14ClN5O. The van der Waals surface area contributed by atoms with Gasteiger partial charge in [0.15, 0.2) is 5.82 Å². The third-order valence-electron chi connectivity index (χ3n) is 2.77. The van der Waals surface area contributed by atoms with Crippen LogP contribution in [-0.4, -0.2) is 15.9 Å². The molecule has 0 spiro atoms. The van der Waals surface area contributed by atoms with Crippen LogP contribution in [0.2, 0.25) is 5.02 Å². The standard InChI is InChI=1S/C13H14ClN5O/c1-8-3-2-4-16-11(8)7-18-13(20)9-5-10(14)12(19-15)17-6-9/h2-6H,7,15H2,1H3,(H,17,19)(H,18,20). The van der Waals surface area contributed by atoms with E-state index in [2.05, 4.69) is 20.7 Å². The highest BCUT2D eigenvalue weighted by Gasteiger charge is 2.10. The van der Waals surface area contributed by atoms with Crippen LogP contribution in [0, 0.1) is 6.92 Å².